The minimum Gasteiger partial charge on any atom is -0.491 e. The number of carbonyl (C=O) groups is 1. The van der Waals surface area contributed by atoms with Crippen LogP contribution in [-0.4, -0.2) is 34.0 Å². The summed E-state index contributed by atoms with van der Waals surface area (Å²) in [5, 5.41) is 6.37. The number of hydrogen-bond acceptors (Lipinski definition) is 6. The quantitative estimate of drug-likeness (QED) is 0.417. The lowest BCUT2D eigenvalue weighted by atomic mass is 10.2. The van der Waals surface area contributed by atoms with Gasteiger partial charge in [-0.2, -0.15) is 0 Å². The van der Waals surface area contributed by atoms with E-state index in [1.54, 1.807) is 12.3 Å². The fourth-order valence-electron chi connectivity index (χ4n) is 2.71. The number of benzene rings is 1. The Labute approximate surface area is 205 Å². The van der Waals surface area contributed by atoms with Crippen LogP contribution < -0.4 is 15.4 Å². The van der Waals surface area contributed by atoms with Crippen LogP contribution in [0.25, 0.3) is 11.4 Å². The van der Waals surface area contributed by atoms with Crippen molar-refractivity contribution in [2.75, 3.05) is 12.4 Å². The van der Waals surface area contributed by atoms with Gasteiger partial charge in [-0.05, 0) is 37.1 Å². The number of aromatic nitrogens is 3. The van der Waals surface area contributed by atoms with Crippen molar-refractivity contribution in [1.29, 1.82) is 0 Å². The second-order valence-electron chi connectivity index (χ2n) is 7.24. The van der Waals surface area contributed by atoms with Crippen molar-refractivity contribution in [1.82, 2.24) is 20.3 Å². The van der Waals surface area contributed by atoms with Crippen LogP contribution in [0.15, 0.2) is 42.9 Å². The van der Waals surface area contributed by atoms with Crippen LogP contribution in [0.3, 0.4) is 0 Å². The first kappa shape index (κ1) is 27.0. The summed E-state index contributed by atoms with van der Waals surface area (Å²) >= 11 is 5.98. The minimum absolute atomic E-state index is 0.131. The molecule has 0 saturated heterocycles. The summed E-state index contributed by atoms with van der Waals surface area (Å²) in [6, 6.07) is 6.01. The first-order chi connectivity index (χ1) is 16.5. The van der Waals surface area contributed by atoms with E-state index in [0.29, 0.717) is 22.0 Å². The summed E-state index contributed by atoms with van der Waals surface area (Å²) in [6.07, 6.45) is 7.66. The third-order valence-corrected chi connectivity index (χ3v) is 4.61. The second kappa shape index (κ2) is 13.4. The van der Waals surface area contributed by atoms with Crippen molar-refractivity contribution < 1.29 is 13.9 Å². The number of pyridine rings is 1. The van der Waals surface area contributed by atoms with E-state index in [4.69, 9.17) is 16.3 Å². The highest BCUT2D eigenvalue weighted by Gasteiger charge is 2.25. The lowest BCUT2D eigenvalue weighted by Crippen LogP contribution is -2.26. The van der Waals surface area contributed by atoms with E-state index < -0.39 is 5.82 Å². The molecule has 1 aliphatic rings. The average Bonchev–Trinajstić information content (AvgIpc) is 3.67. The molecular weight excluding hydrogens is 457 g/mol. The maximum atomic E-state index is 14.2. The topological polar surface area (TPSA) is 89.0 Å². The van der Waals surface area contributed by atoms with Crippen LogP contribution in [0.2, 0.25) is 5.02 Å². The Kier molecular flexibility index (Phi) is 10.7. The molecule has 182 valence electrons. The smallest absolute Gasteiger partial charge is 0.255 e. The summed E-state index contributed by atoms with van der Waals surface area (Å²) < 4.78 is 19.6. The van der Waals surface area contributed by atoms with Crippen molar-refractivity contribution in [3.05, 3.63) is 59.3 Å². The molecule has 1 amide bonds. The maximum absolute atomic E-state index is 14.2. The lowest BCUT2D eigenvalue weighted by Gasteiger charge is -2.14. The van der Waals surface area contributed by atoms with Gasteiger partial charge in [0.15, 0.2) is 17.4 Å². The number of hydrogen-bond donors (Lipinski definition) is 2. The van der Waals surface area contributed by atoms with Crippen molar-refractivity contribution in [3.63, 3.8) is 0 Å². The molecule has 2 heterocycles. The van der Waals surface area contributed by atoms with E-state index in [0.717, 1.165) is 12.8 Å². The maximum Gasteiger partial charge on any atom is 0.255 e. The van der Waals surface area contributed by atoms with Crippen LogP contribution in [0.5, 0.6) is 5.75 Å². The van der Waals surface area contributed by atoms with E-state index in [2.05, 4.69) is 39.4 Å². The number of carbonyl (C=O) groups excluding carboxylic acids is 1. The van der Waals surface area contributed by atoms with Crippen molar-refractivity contribution in [3.8, 4) is 17.1 Å². The van der Waals surface area contributed by atoms with Gasteiger partial charge in [0, 0.05) is 23.5 Å². The molecule has 2 N–H and O–H groups in total. The molecule has 1 aromatic carbocycles. The molecule has 1 aliphatic carbocycles. The van der Waals surface area contributed by atoms with Gasteiger partial charge in [0.25, 0.3) is 5.91 Å². The van der Waals surface area contributed by atoms with Crippen LogP contribution in [-0.2, 0) is 0 Å². The highest BCUT2D eigenvalue weighted by atomic mass is 35.5. The van der Waals surface area contributed by atoms with E-state index in [1.165, 1.54) is 44.1 Å². The van der Waals surface area contributed by atoms with Crippen molar-refractivity contribution in [2.45, 2.75) is 53.0 Å². The van der Waals surface area contributed by atoms with E-state index in [1.807, 2.05) is 13.8 Å². The zero-order valence-corrected chi connectivity index (χ0v) is 20.9. The Balaban J connectivity index is 0.000000758. The predicted molar refractivity (Wildman–Crippen MR) is 134 cm³/mol. The van der Waals surface area contributed by atoms with E-state index in [-0.39, 0.29) is 29.2 Å². The van der Waals surface area contributed by atoms with Crippen LogP contribution in [0, 0.1) is 5.82 Å². The molecule has 0 aliphatic heterocycles. The van der Waals surface area contributed by atoms with Gasteiger partial charge in [-0.15, -0.1) is 0 Å². The zero-order chi connectivity index (χ0) is 25.1. The molecule has 0 radical (unpaired) electrons. The summed E-state index contributed by atoms with van der Waals surface area (Å²) in [4.78, 5) is 25.1. The van der Waals surface area contributed by atoms with E-state index >= 15 is 0 Å². The highest BCUT2D eigenvalue weighted by Crippen LogP contribution is 2.31. The molecule has 3 aromatic rings. The lowest BCUT2D eigenvalue weighted by molar-refractivity contribution is 0.0951. The first-order valence-electron chi connectivity index (χ1n) is 11.3. The van der Waals surface area contributed by atoms with Crippen molar-refractivity contribution >= 4 is 29.0 Å². The number of anilines is 2. The number of halogens is 2. The Morgan fingerprint density at radius 3 is 2.56 bits per heavy atom. The Bertz CT molecular complexity index is 1090. The third kappa shape index (κ3) is 7.38. The number of ether oxygens (including phenoxy) is 1. The largest absolute Gasteiger partial charge is 0.491 e. The molecule has 1 saturated carbocycles. The summed E-state index contributed by atoms with van der Waals surface area (Å²) in [5.74, 6) is 0.0209. The molecule has 9 heteroatoms. The van der Waals surface area contributed by atoms with Gasteiger partial charge >= 0.3 is 0 Å². The Hall–Kier alpha value is -3.26. The Morgan fingerprint density at radius 2 is 1.91 bits per heavy atom. The normalized spacial score (nSPS) is 11.9. The van der Waals surface area contributed by atoms with Crippen LogP contribution >= 0.6 is 11.6 Å². The van der Waals surface area contributed by atoms with Gasteiger partial charge in [0.1, 0.15) is 5.82 Å². The number of nitrogens with zero attached hydrogens (tertiary/aromatic N) is 3. The van der Waals surface area contributed by atoms with E-state index in [9.17, 15) is 9.18 Å². The van der Waals surface area contributed by atoms with Gasteiger partial charge in [-0.3, -0.25) is 9.78 Å². The molecular formula is C25H31ClFN5O2. The first-order valence-corrected chi connectivity index (χ1v) is 11.7. The highest BCUT2D eigenvalue weighted by molar-refractivity contribution is 6.30. The molecule has 34 heavy (non-hydrogen) atoms. The summed E-state index contributed by atoms with van der Waals surface area (Å²) in [7, 11) is 1.47. The third-order valence-electron chi connectivity index (χ3n) is 4.38. The molecule has 7 nitrogen and oxygen atoms in total. The average molecular weight is 488 g/mol. The molecule has 2 aromatic heterocycles. The molecule has 0 unspecified atom stereocenters. The fraction of sp³-hybridized carbons (Fsp3) is 0.360. The number of rotatable bonds is 6. The van der Waals surface area contributed by atoms with Crippen LogP contribution in [0.4, 0.5) is 15.9 Å². The SMILES string of the molecule is CC.CCC.COc1cnc(-c2cc(Cl)ccc2F)nc1Nc1ccncc1C(=O)NC1CC1. The van der Waals surface area contributed by atoms with Gasteiger partial charge in [-0.25, -0.2) is 14.4 Å². The molecule has 1 fully saturated rings. The summed E-state index contributed by atoms with van der Waals surface area (Å²) in [6.45, 7) is 8.25. The second-order valence-corrected chi connectivity index (χ2v) is 7.67. The standard InChI is InChI=1S/C20H17ClFN5O2.C3H8.C2H6/c1-29-17-10-24-18(13-8-11(21)2-5-15(13)22)27-19(17)26-16-6-7-23-9-14(16)20(28)25-12-3-4-12;1-3-2;1-2/h2,5-10,12H,3-4H2,1H3,(H,25,28)(H,23,24,26,27);3H2,1-2H3;1-2H3. The molecule has 0 bridgehead atoms. The van der Waals surface area contributed by atoms with Gasteiger partial charge in [-0.1, -0.05) is 45.7 Å². The monoisotopic (exact) mass is 487 g/mol. The van der Waals surface area contributed by atoms with Crippen LogP contribution in [0.1, 0.15) is 57.3 Å². The molecule has 4 rings (SSSR count). The number of methoxy groups -OCH3 is 1. The molecule has 0 spiro atoms. The fourth-order valence-corrected chi connectivity index (χ4v) is 2.88. The summed E-state index contributed by atoms with van der Waals surface area (Å²) in [5.41, 5.74) is 1.02. The predicted octanol–water partition coefficient (Wildman–Crippen LogP) is 6.42. The van der Waals surface area contributed by atoms with Crippen molar-refractivity contribution in [2.24, 2.45) is 0 Å². The minimum atomic E-state index is -0.501. The number of amides is 1. The van der Waals surface area contributed by atoms with Gasteiger partial charge < -0.3 is 15.4 Å². The zero-order valence-electron chi connectivity index (χ0n) is 20.2. The molecule has 0 atom stereocenters. The van der Waals surface area contributed by atoms with Gasteiger partial charge in [0.05, 0.1) is 30.1 Å². The number of nitrogens with one attached hydrogen (secondary N) is 2. The Morgan fingerprint density at radius 1 is 1.21 bits per heavy atom. The van der Waals surface area contributed by atoms with Gasteiger partial charge in [0.2, 0.25) is 0 Å².